The van der Waals surface area contributed by atoms with E-state index in [4.69, 9.17) is 9.26 Å². The van der Waals surface area contributed by atoms with E-state index < -0.39 is 19.9 Å². The van der Waals surface area contributed by atoms with Crippen LogP contribution in [0.1, 0.15) is 18.9 Å². The number of carbonyl (C=O) groups excluding carboxylic acids is 1. The third-order valence-electron chi connectivity index (χ3n) is 2.54. The van der Waals surface area contributed by atoms with Crippen LogP contribution in [0.5, 0.6) is 0 Å². The quantitative estimate of drug-likeness (QED) is 0.781. The minimum Gasteiger partial charge on any atom is -0.450 e. The summed E-state index contributed by atoms with van der Waals surface area (Å²) in [6, 6.07) is 9.80. The van der Waals surface area contributed by atoms with Gasteiger partial charge in [-0.1, -0.05) is 30.3 Å². The Labute approximate surface area is 114 Å². The molecule has 1 rings (SSSR count). The van der Waals surface area contributed by atoms with Crippen LogP contribution in [0, 0.1) is 0 Å². The fourth-order valence-corrected chi connectivity index (χ4v) is 2.42. The predicted molar refractivity (Wildman–Crippen MR) is 73.3 cm³/mol. The molecule has 0 bridgehead atoms. The van der Waals surface area contributed by atoms with Gasteiger partial charge in [0.2, 0.25) is 0 Å². The maximum Gasteiger partial charge on any atom is 0.533 e. The van der Waals surface area contributed by atoms with Gasteiger partial charge in [-0.25, -0.2) is 4.79 Å². The summed E-state index contributed by atoms with van der Waals surface area (Å²) in [5, 5.41) is 2.57. The standard InChI is InChI=1S/C13H18NO4P/c1-3-18-13(15)14-12(19(16)17-2)10-9-11-7-5-4-6-8-11/h4-8,12H,3,9-10H2,1-2H3/p+1. The Morgan fingerprint density at radius 2 is 2.05 bits per heavy atom. The summed E-state index contributed by atoms with van der Waals surface area (Å²) >= 11 is 0. The highest BCUT2D eigenvalue weighted by Crippen LogP contribution is 2.29. The largest absolute Gasteiger partial charge is 0.533 e. The van der Waals surface area contributed by atoms with E-state index in [9.17, 15) is 9.36 Å². The molecule has 0 aromatic heterocycles. The molecule has 0 heterocycles. The lowest BCUT2D eigenvalue weighted by Crippen LogP contribution is -2.33. The maximum absolute atomic E-state index is 11.7. The lowest BCUT2D eigenvalue weighted by molar-refractivity contribution is 0.150. The molecule has 0 saturated heterocycles. The zero-order valence-electron chi connectivity index (χ0n) is 11.2. The molecular weight excluding hydrogens is 265 g/mol. The van der Waals surface area contributed by atoms with Crippen molar-refractivity contribution in [3.63, 3.8) is 0 Å². The van der Waals surface area contributed by atoms with Crippen LogP contribution in [-0.4, -0.2) is 25.6 Å². The first kappa shape index (κ1) is 15.6. The van der Waals surface area contributed by atoms with Crippen LogP contribution in [0.3, 0.4) is 0 Å². The number of ether oxygens (including phenoxy) is 1. The van der Waals surface area contributed by atoms with E-state index in [-0.39, 0.29) is 6.61 Å². The van der Waals surface area contributed by atoms with Crippen molar-refractivity contribution in [3.05, 3.63) is 35.9 Å². The summed E-state index contributed by atoms with van der Waals surface area (Å²) in [7, 11) is -0.581. The fourth-order valence-electron chi connectivity index (χ4n) is 1.61. The zero-order chi connectivity index (χ0) is 14.1. The molecule has 1 aromatic carbocycles. The highest BCUT2D eigenvalue weighted by atomic mass is 31.1. The van der Waals surface area contributed by atoms with Crippen LogP contribution in [0.15, 0.2) is 30.3 Å². The molecule has 0 radical (unpaired) electrons. The number of nitrogens with one attached hydrogen (secondary N) is 1. The molecule has 19 heavy (non-hydrogen) atoms. The molecule has 0 saturated carbocycles. The summed E-state index contributed by atoms with van der Waals surface area (Å²) in [4.78, 5) is 11.4. The Morgan fingerprint density at radius 1 is 1.37 bits per heavy atom. The van der Waals surface area contributed by atoms with Crippen molar-refractivity contribution in [1.82, 2.24) is 5.32 Å². The van der Waals surface area contributed by atoms with Crippen molar-refractivity contribution in [2.24, 2.45) is 0 Å². The van der Waals surface area contributed by atoms with Crippen LogP contribution < -0.4 is 5.32 Å². The van der Waals surface area contributed by atoms with Crippen LogP contribution in [0.4, 0.5) is 4.79 Å². The molecule has 0 aliphatic rings. The Kier molecular flexibility index (Phi) is 7.08. The van der Waals surface area contributed by atoms with Gasteiger partial charge in [-0.2, -0.15) is 0 Å². The summed E-state index contributed by atoms with van der Waals surface area (Å²) in [6.45, 7) is 2.00. The van der Waals surface area contributed by atoms with Gasteiger partial charge in [0.25, 0.3) is 5.78 Å². The first-order valence-corrected chi connectivity index (χ1v) is 7.39. The molecular formula is C13H19NO4P+. The molecule has 2 atom stereocenters. The van der Waals surface area contributed by atoms with Gasteiger partial charge in [-0.05, 0) is 23.5 Å². The number of rotatable bonds is 7. The van der Waals surface area contributed by atoms with Gasteiger partial charge in [0.05, 0.1) is 13.7 Å². The van der Waals surface area contributed by atoms with Crippen molar-refractivity contribution < 1.29 is 18.6 Å². The van der Waals surface area contributed by atoms with E-state index in [2.05, 4.69) is 5.32 Å². The number of benzene rings is 1. The van der Waals surface area contributed by atoms with Crippen molar-refractivity contribution in [2.45, 2.75) is 25.5 Å². The van der Waals surface area contributed by atoms with Gasteiger partial charge in [0.1, 0.15) is 0 Å². The average molecular weight is 284 g/mol. The van der Waals surface area contributed by atoms with Crippen LogP contribution in [0.2, 0.25) is 0 Å². The Bertz CT molecular complexity index is 410. The SMILES string of the molecule is CCOC(=O)NC(CCc1ccccc1)[P+](=O)OC. The van der Waals surface area contributed by atoms with Gasteiger partial charge in [0, 0.05) is 6.42 Å². The molecule has 1 N–H and O–H groups in total. The molecule has 0 aliphatic carbocycles. The van der Waals surface area contributed by atoms with Gasteiger partial charge in [-0.3, -0.25) is 5.32 Å². The molecule has 2 unspecified atom stereocenters. The molecule has 104 valence electrons. The number of carbonyl (C=O) groups is 1. The Morgan fingerprint density at radius 3 is 2.63 bits per heavy atom. The van der Waals surface area contributed by atoms with E-state index in [1.54, 1.807) is 6.92 Å². The fraction of sp³-hybridized carbons (Fsp3) is 0.462. The van der Waals surface area contributed by atoms with Crippen molar-refractivity contribution in [2.75, 3.05) is 13.7 Å². The zero-order valence-corrected chi connectivity index (χ0v) is 12.1. The highest BCUT2D eigenvalue weighted by molar-refractivity contribution is 7.40. The number of hydrogen-bond donors (Lipinski definition) is 1. The van der Waals surface area contributed by atoms with E-state index >= 15 is 0 Å². The number of hydrogen-bond acceptors (Lipinski definition) is 4. The van der Waals surface area contributed by atoms with E-state index in [0.29, 0.717) is 12.8 Å². The third-order valence-corrected chi connectivity index (χ3v) is 3.80. The lowest BCUT2D eigenvalue weighted by atomic mass is 10.1. The Balaban J connectivity index is 2.55. The van der Waals surface area contributed by atoms with E-state index in [1.807, 2.05) is 30.3 Å². The normalized spacial score (nSPS) is 12.6. The topological polar surface area (TPSA) is 64.6 Å². The predicted octanol–water partition coefficient (Wildman–Crippen LogP) is 3.08. The number of alkyl carbamates (subject to hydrolysis) is 1. The Hall–Kier alpha value is -1.45. The number of amides is 1. The second-order valence-electron chi connectivity index (χ2n) is 3.87. The summed E-state index contributed by atoms with van der Waals surface area (Å²) in [5.41, 5.74) is 1.12. The smallest absolute Gasteiger partial charge is 0.450 e. The summed E-state index contributed by atoms with van der Waals surface area (Å²) in [6.07, 6.45) is 0.676. The molecule has 0 aliphatic heterocycles. The van der Waals surface area contributed by atoms with Gasteiger partial charge in [0.15, 0.2) is 0 Å². The first-order chi connectivity index (χ1) is 9.17. The second-order valence-corrected chi connectivity index (χ2v) is 5.43. The van der Waals surface area contributed by atoms with Crippen molar-refractivity contribution in [3.8, 4) is 0 Å². The maximum atomic E-state index is 11.7. The minimum absolute atomic E-state index is 0.279. The van der Waals surface area contributed by atoms with Crippen LogP contribution >= 0.6 is 8.03 Å². The average Bonchev–Trinajstić information content (AvgIpc) is 2.44. The lowest BCUT2D eigenvalue weighted by Gasteiger charge is -2.08. The van der Waals surface area contributed by atoms with Gasteiger partial charge >= 0.3 is 14.1 Å². The molecule has 1 aromatic rings. The molecule has 0 fully saturated rings. The molecule has 0 spiro atoms. The third kappa shape index (κ3) is 5.81. The van der Waals surface area contributed by atoms with Gasteiger partial charge < -0.3 is 4.74 Å². The molecule has 1 amide bonds. The summed E-state index contributed by atoms with van der Waals surface area (Å²) < 4.78 is 21.3. The van der Waals surface area contributed by atoms with Gasteiger partial charge in [-0.15, -0.1) is 4.52 Å². The van der Waals surface area contributed by atoms with E-state index in [0.717, 1.165) is 5.56 Å². The van der Waals surface area contributed by atoms with Crippen molar-refractivity contribution in [1.29, 1.82) is 0 Å². The molecule has 6 heteroatoms. The summed E-state index contributed by atoms with van der Waals surface area (Å²) in [5.74, 6) is -0.542. The number of aryl methyl sites for hydroxylation is 1. The highest BCUT2D eigenvalue weighted by Gasteiger charge is 2.33. The van der Waals surface area contributed by atoms with Crippen LogP contribution in [0.25, 0.3) is 0 Å². The monoisotopic (exact) mass is 284 g/mol. The first-order valence-electron chi connectivity index (χ1n) is 6.15. The van der Waals surface area contributed by atoms with E-state index in [1.165, 1.54) is 7.11 Å². The second kappa shape index (κ2) is 8.62. The van der Waals surface area contributed by atoms with Crippen molar-refractivity contribution >= 4 is 14.1 Å². The molecule has 5 nitrogen and oxygen atoms in total. The minimum atomic E-state index is -1.94. The van der Waals surface area contributed by atoms with Crippen LogP contribution in [-0.2, 0) is 20.2 Å².